The lowest BCUT2D eigenvalue weighted by Crippen LogP contribution is -2.23. The van der Waals surface area contributed by atoms with E-state index in [2.05, 4.69) is 27.2 Å². The summed E-state index contributed by atoms with van der Waals surface area (Å²) >= 11 is 0. The average Bonchev–Trinajstić information content (AvgIpc) is 2.61. The maximum Gasteiger partial charge on any atom is 0.338 e. The summed E-state index contributed by atoms with van der Waals surface area (Å²) in [4.78, 5) is 31.5. The number of carbonyl (C=O) groups excluding carboxylic acids is 2. The number of benzene rings is 1. The van der Waals surface area contributed by atoms with E-state index < -0.39 is 0 Å². The van der Waals surface area contributed by atoms with Crippen LogP contribution in [-0.2, 0) is 4.74 Å². The van der Waals surface area contributed by atoms with E-state index in [1.54, 1.807) is 37.3 Å². The van der Waals surface area contributed by atoms with Gasteiger partial charge in [0.15, 0.2) is 0 Å². The van der Waals surface area contributed by atoms with E-state index in [1.165, 1.54) is 12.4 Å². The third-order valence-corrected chi connectivity index (χ3v) is 2.97. The maximum atomic E-state index is 11.7. The quantitative estimate of drug-likeness (QED) is 0.599. The zero-order chi connectivity index (χ0) is 17.4. The third-order valence-electron chi connectivity index (χ3n) is 2.97. The van der Waals surface area contributed by atoms with Crippen molar-refractivity contribution in [2.24, 2.45) is 0 Å². The third kappa shape index (κ3) is 4.64. The average molecular weight is 326 g/mol. The highest BCUT2D eigenvalue weighted by Gasteiger charge is 2.08. The number of anilines is 2. The molecule has 0 unspecified atom stereocenters. The number of amides is 1. The smallest absolute Gasteiger partial charge is 0.338 e. The monoisotopic (exact) mass is 326 g/mol. The summed E-state index contributed by atoms with van der Waals surface area (Å²) in [5, 5.41) is 5.63. The molecule has 1 aromatic carbocycles. The lowest BCUT2D eigenvalue weighted by Gasteiger charge is -2.07. The molecule has 7 nitrogen and oxygen atoms in total. The molecule has 0 saturated carbocycles. The summed E-state index contributed by atoms with van der Waals surface area (Å²) in [6.07, 6.45) is 4.45. The number of hydrogen-bond donors (Lipinski definition) is 2. The van der Waals surface area contributed by atoms with Gasteiger partial charge in [0.25, 0.3) is 5.91 Å². The molecule has 1 aromatic heterocycles. The fourth-order valence-electron chi connectivity index (χ4n) is 1.81. The lowest BCUT2D eigenvalue weighted by atomic mass is 10.2. The predicted octanol–water partition coefficient (Wildman–Crippen LogP) is 2.31. The molecule has 0 fully saturated rings. The van der Waals surface area contributed by atoms with Crippen molar-refractivity contribution in [1.82, 2.24) is 15.3 Å². The van der Waals surface area contributed by atoms with Crippen LogP contribution in [0.25, 0.3) is 0 Å². The van der Waals surface area contributed by atoms with Gasteiger partial charge in [0.1, 0.15) is 0 Å². The Morgan fingerprint density at radius 3 is 2.42 bits per heavy atom. The molecule has 2 rings (SSSR count). The number of nitrogens with zero attached hydrogens (tertiary/aromatic N) is 2. The van der Waals surface area contributed by atoms with Gasteiger partial charge in [0.2, 0.25) is 5.95 Å². The number of aromatic nitrogens is 2. The second-order valence-electron chi connectivity index (χ2n) is 4.72. The first-order chi connectivity index (χ1) is 11.6. The largest absolute Gasteiger partial charge is 0.462 e. The first kappa shape index (κ1) is 17.1. The summed E-state index contributed by atoms with van der Waals surface area (Å²) in [6, 6.07) is 6.75. The Labute approximate surface area is 139 Å². The standard InChI is InChI=1S/C17H18N4O3/c1-3-9-18-15(22)13-10-19-17(20-11-13)21-14-7-5-12(6-8-14)16(23)24-4-2/h3,5-8,10-11H,1,4,9H2,2H3,(H,18,22)(H,19,20,21). The van der Waals surface area contributed by atoms with Gasteiger partial charge in [-0.2, -0.15) is 0 Å². The van der Waals surface area contributed by atoms with Crippen LogP contribution in [0.2, 0.25) is 0 Å². The minimum atomic E-state index is -0.366. The maximum absolute atomic E-state index is 11.7. The van der Waals surface area contributed by atoms with Crippen LogP contribution in [0.1, 0.15) is 27.6 Å². The molecule has 1 amide bonds. The van der Waals surface area contributed by atoms with Crippen molar-refractivity contribution in [3.8, 4) is 0 Å². The molecule has 0 aliphatic rings. The highest BCUT2D eigenvalue weighted by molar-refractivity contribution is 5.93. The van der Waals surface area contributed by atoms with Crippen molar-refractivity contribution in [2.45, 2.75) is 6.92 Å². The van der Waals surface area contributed by atoms with Crippen LogP contribution < -0.4 is 10.6 Å². The van der Waals surface area contributed by atoms with Crippen molar-refractivity contribution in [3.63, 3.8) is 0 Å². The van der Waals surface area contributed by atoms with Gasteiger partial charge in [0, 0.05) is 24.6 Å². The molecule has 1 heterocycles. The Bertz CT molecular complexity index is 712. The summed E-state index contributed by atoms with van der Waals surface area (Å²) < 4.78 is 4.92. The molecule has 0 aliphatic heterocycles. The van der Waals surface area contributed by atoms with Crippen molar-refractivity contribution in [1.29, 1.82) is 0 Å². The SMILES string of the molecule is C=CCNC(=O)c1cnc(Nc2ccc(C(=O)OCC)cc2)nc1. The van der Waals surface area contributed by atoms with Gasteiger partial charge in [-0.15, -0.1) is 6.58 Å². The molecule has 0 aliphatic carbocycles. The minimum absolute atomic E-state index is 0.264. The molecule has 0 spiro atoms. The highest BCUT2D eigenvalue weighted by atomic mass is 16.5. The number of rotatable bonds is 7. The fourth-order valence-corrected chi connectivity index (χ4v) is 1.81. The van der Waals surface area contributed by atoms with Gasteiger partial charge in [-0.05, 0) is 31.2 Å². The van der Waals surface area contributed by atoms with Gasteiger partial charge in [-0.3, -0.25) is 4.79 Å². The van der Waals surface area contributed by atoms with Crippen molar-refractivity contribution in [3.05, 3.63) is 60.4 Å². The molecule has 0 bridgehead atoms. The Hall–Kier alpha value is -3.22. The molecule has 0 saturated heterocycles. The molecule has 2 N–H and O–H groups in total. The van der Waals surface area contributed by atoms with Gasteiger partial charge in [-0.25, -0.2) is 14.8 Å². The van der Waals surface area contributed by atoms with Gasteiger partial charge in [0.05, 0.1) is 17.7 Å². The van der Waals surface area contributed by atoms with E-state index in [0.29, 0.717) is 35.9 Å². The van der Waals surface area contributed by atoms with E-state index in [4.69, 9.17) is 4.74 Å². The van der Waals surface area contributed by atoms with Gasteiger partial charge in [-0.1, -0.05) is 6.08 Å². The Kier molecular flexibility index (Phi) is 6.01. The highest BCUT2D eigenvalue weighted by Crippen LogP contribution is 2.14. The van der Waals surface area contributed by atoms with Gasteiger partial charge < -0.3 is 15.4 Å². The number of esters is 1. The summed E-state index contributed by atoms with van der Waals surface area (Å²) in [5.41, 5.74) is 1.55. The first-order valence-corrected chi connectivity index (χ1v) is 7.39. The predicted molar refractivity (Wildman–Crippen MR) is 90.2 cm³/mol. The zero-order valence-corrected chi connectivity index (χ0v) is 13.3. The summed E-state index contributed by atoms with van der Waals surface area (Å²) in [7, 11) is 0. The van der Waals surface area contributed by atoms with Crippen LogP contribution in [-0.4, -0.2) is 35.0 Å². The van der Waals surface area contributed by atoms with Crippen LogP contribution in [0.4, 0.5) is 11.6 Å². The van der Waals surface area contributed by atoms with Gasteiger partial charge >= 0.3 is 5.97 Å². The minimum Gasteiger partial charge on any atom is -0.462 e. The van der Waals surface area contributed by atoms with Crippen LogP contribution >= 0.6 is 0 Å². The lowest BCUT2D eigenvalue weighted by molar-refractivity contribution is 0.0526. The Balaban J connectivity index is 1.99. The number of ether oxygens (including phenoxy) is 1. The van der Waals surface area contributed by atoms with Crippen molar-refractivity contribution < 1.29 is 14.3 Å². The van der Waals surface area contributed by atoms with E-state index in [-0.39, 0.29) is 11.9 Å². The van der Waals surface area contributed by atoms with Crippen LogP contribution in [0.15, 0.2) is 49.3 Å². The second-order valence-corrected chi connectivity index (χ2v) is 4.72. The van der Waals surface area contributed by atoms with E-state index >= 15 is 0 Å². The van der Waals surface area contributed by atoms with Crippen LogP contribution in [0.3, 0.4) is 0 Å². The van der Waals surface area contributed by atoms with E-state index in [1.807, 2.05) is 0 Å². The molecule has 24 heavy (non-hydrogen) atoms. The summed E-state index contributed by atoms with van der Waals surface area (Å²) in [5.74, 6) is -0.283. The molecule has 0 radical (unpaired) electrons. The van der Waals surface area contributed by atoms with E-state index in [9.17, 15) is 9.59 Å². The van der Waals surface area contributed by atoms with Crippen molar-refractivity contribution in [2.75, 3.05) is 18.5 Å². The van der Waals surface area contributed by atoms with E-state index in [0.717, 1.165) is 0 Å². The number of hydrogen-bond acceptors (Lipinski definition) is 6. The molecule has 7 heteroatoms. The molecule has 0 atom stereocenters. The summed E-state index contributed by atoms with van der Waals surface area (Å²) in [6.45, 7) is 6.00. The second kappa shape index (κ2) is 8.42. The zero-order valence-electron chi connectivity index (χ0n) is 13.3. The number of carbonyl (C=O) groups is 2. The fraction of sp³-hybridized carbons (Fsp3) is 0.176. The molecule has 124 valence electrons. The number of nitrogens with one attached hydrogen (secondary N) is 2. The van der Waals surface area contributed by atoms with Crippen LogP contribution in [0, 0.1) is 0 Å². The molecular weight excluding hydrogens is 308 g/mol. The topological polar surface area (TPSA) is 93.2 Å². The molecule has 2 aromatic rings. The molecular formula is C17H18N4O3. The Morgan fingerprint density at radius 1 is 1.17 bits per heavy atom. The normalized spacial score (nSPS) is 9.88. The van der Waals surface area contributed by atoms with Crippen LogP contribution in [0.5, 0.6) is 0 Å². The first-order valence-electron chi connectivity index (χ1n) is 7.39. The van der Waals surface area contributed by atoms with Crippen molar-refractivity contribution >= 4 is 23.5 Å². The Morgan fingerprint density at radius 2 is 1.83 bits per heavy atom.